The number of nitrogens with one attached hydrogen (secondary N) is 1. The Balaban J connectivity index is 1.66. The van der Waals surface area contributed by atoms with Gasteiger partial charge in [0.1, 0.15) is 5.75 Å². The molecule has 172 valence electrons. The van der Waals surface area contributed by atoms with E-state index in [0.29, 0.717) is 5.11 Å². The van der Waals surface area contributed by atoms with E-state index in [2.05, 4.69) is 89.1 Å². The van der Waals surface area contributed by atoms with Crippen molar-refractivity contribution in [2.75, 3.05) is 12.0 Å². The van der Waals surface area contributed by atoms with Gasteiger partial charge >= 0.3 is 0 Å². The lowest BCUT2D eigenvalue weighted by atomic mass is 9.96. The minimum absolute atomic E-state index is 0.0394. The number of rotatable bonds is 5. The molecular weight excluding hydrogens is 440 g/mol. The first-order chi connectivity index (χ1) is 16.5. The topological polar surface area (TPSA) is 42.3 Å². The normalized spacial score (nSPS) is 17.6. The van der Waals surface area contributed by atoms with Crippen LogP contribution in [0.3, 0.4) is 0 Å². The zero-order valence-electron chi connectivity index (χ0n) is 19.8. The van der Waals surface area contributed by atoms with Crippen molar-refractivity contribution in [2.24, 2.45) is 0 Å². The lowest BCUT2D eigenvalue weighted by molar-refractivity contribution is 0.414. The van der Waals surface area contributed by atoms with E-state index in [1.165, 1.54) is 22.5 Å². The number of ether oxygens (including phenoxy) is 1. The number of nitrogens with zero attached hydrogens (tertiary/aromatic N) is 3. The van der Waals surface area contributed by atoms with Crippen LogP contribution in [0, 0.1) is 20.8 Å². The smallest absolute Gasteiger partial charge is 0.174 e. The van der Waals surface area contributed by atoms with E-state index in [4.69, 9.17) is 17.0 Å². The highest BCUT2D eigenvalue weighted by molar-refractivity contribution is 7.80. The predicted molar refractivity (Wildman–Crippen MR) is 141 cm³/mol. The molecule has 0 bridgehead atoms. The second kappa shape index (κ2) is 8.95. The fourth-order valence-corrected chi connectivity index (χ4v) is 5.29. The summed E-state index contributed by atoms with van der Waals surface area (Å²) in [7, 11) is 1.69. The van der Waals surface area contributed by atoms with E-state index in [1.54, 1.807) is 7.11 Å². The first-order valence-corrected chi connectivity index (χ1v) is 11.8. The average Bonchev–Trinajstić information content (AvgIpc) is 3.35. The summed E-state index contributed by atoms with van der Waals surface area (Å²) in [5, 5.41) is 4.28. The standard InChI is InChI=1S/C28H28N4OS/c1-18-8-7-9-22(16-18)32-27(26(30-28(32)34)25-10-5-6-15-29-25)24-17-19(2)31(20(24)3)21-11-13-23(33-4)14-12-21/h5-17,26-27H,1-4H3,(H,30,34). The van der Waals surface area contributed by atoms with E-state index in [1.807, 2.05) is 30.5 Å². The summed E-state index contributed by atoms with van der Waals surface area (Å²) in [5.74, 6) is 0.845. The molecule has 0 radical (unpaired) electrons. The van der Waals surface area contributed by atoms with E-state index in [9.17, 15) is 0 Å². The fraction of sp³-hybridized carbons (Fsp3) is 0.214. The van der Waals surface area contributed by atoms with Crippen LogP contribution in [0.25, 0.3) is 5.69 Å². The summed E-state index contributed by atoms with van der Waals surface area (Å²) < 4.78 is 7.65. The molecule has 0 aliphatic carbocycles. The second-order valence-electron chi connectivity index (χ2n) is 8.70. The van der Waals surface area contributed by atoms with E-state index in [0.717, 1.165) is 22.8 Å². The molecule has 2 aromatic carbocycles. The molecule has 2 aromatic heterocycles. The van der Waals surface area contributed by atoms with Gasteiger partial charge in [-0.3, -0.25) is 4.98 Å². The Hall–Kier alpha value is -3.64. The van der Waals surface area contributed by atoms with Crippen molar-refractivity contribution in [1.82, 2.24) is 14.9 Å². The minimum atomic E-state index is -0.0703. The SMILES string of the molecule is COc1ccc(-n2c(C)cc(C3C(c4ccccn4)NC(=S)N3c3cccc(C)c3)c2C)cc1. The van der Waals surface area contributed by atoms with Gasteiger partial charge in [0.05, 0.1) is 24.9 Å². The number of benzene rings is 2. The number of anilines is 1. The van der Waals surface area contributed by atoms with Crippen LogP contribution >= 0.6 is 12.2 Å². The van der Waals surface area contributed by atoms with E-state index >= 15 is 0 Å². The Morgan fingerprint density at radius 1 is 0.912 bits per heavy atom. The van der Waals surface area contributed by atoms with Gasteiger partial charge < -0.3 is 19.5 Å². The minimum Gasteiger partial charge on any atom is -0.497 e. The summed E-state index contributed by atoms with van der Waals surface area (Å²) in [4.78, 5) is 6.92. The van der Waals surface area contributed by atoms with Crippen molar-refractivity contribution >= 4 is 23.0 Å². The molecule has 1 fully saturated rings. The van der Waals surface area contributed by atoms with Crippen LogP contribution in [0.5, 0.6) is 5.75 Å². The third kappa shape index (κ3) is 3.84. The van der Waals surface area contributed by atoms with Gasteiger partial charge in [-0.25, -0.2) is 0 Å². The molecular formula is C28H28N4OS. The van der Waals surface area contributed by atoms with Crippen LogP contribution in [-0.4, -0.2) is 21.8 Å². The van der Waals surface area contributed by atoms with Crippen molar-refractivity contribution in [3.8, 4) is 11.4 Å². The van der Waals surface area contributed by atoms with Gasteiger partial charge in [-0.05, 0) is 98.7 Å². The van der Waals surface area contributed by atoms with Gasteiger partial charge in [0.25, 0.3) is 0 Å². The highest BCUT2D eigenvalue weighted by Gasteiger charge is 2.42. The zero-order valence-corrected chi connectivity index (χ0v) is 20.6. The lowest BCUT2D eigenvalue weighted by Gasteiger charge is -2.28. The number of aromatic nitrogens is 2. The Kier molecular flexibility index (Phi) is 5.84. The molecule has 4 aromatic rings. The maximum absolute atomic E-state index is 5.89. The summed E-state index contributed by atoms with van der Waals surface area (Å²) in [5.41, 5.74) is 7.92. The molecule has 2 unspecified atom stereocenters. The van der Waals surface area contributed by atoms with Crippen LogP contribution in [-0.2, 0) is 0 Å². The van der Waals surface area contributed by atoms with Crippen LogP contribution in [0.2, 0.25) is 0 Å². The van der Waals surface area contributed by atoms with Crippen molar-refractivity contribution in [1.29, 1.82) is 0 Å². The zero-order chi connectivity index (χ0) is 23.8. The van der Waals surface area contributed by atoms with Crippen molar-refractivity contribution in [3.63, 3.8) is 0 Å². The molecule has 2 atom stereocenters. The highest BCUT2D eigenvalue weighted by Crippen LogP contribution is 2.43. The molecule has 34 heavy (non-hydrogen) atoms. The summed E-state index contributed by atoms with van der Waals surface area (Å²) in [6.45, 7) is 6.43. The third-order valence-corrected chi connectivity index (χ3v) is 6.81. The average molecular weight is 469 g/mol. The first kappa shape index (κ1) is 22.2. The summed E-state index contributed by atoms with van der Waals surface area (Å²) in [6.07, 6.45) is 1.84. The maximum atomic E-state index is 5.89. The quantitative estimate of drug-likeness (QED) is 0.365. The summed E-state index contributed by atoms with van der Waals surface area (Å²) >= 11 is 5.89. The number of pyridine rings is 1. The van der Waals surface area contributed by atoms with Gasteiger partial charge in [0.2, 0.25) is 0 Å². The molecule has 1 N–H and O–H groups in total. The molecule has 3 heterocycles. The molecule has 1 aliphatic rings. The molecule has 0 spiro atoms. The van der Waals surface area contributed by atoms with Crippen LogP contribution < -0.4 is 15.0 Å². The molecule has 1 aliphatic heterocycles. The molecule has 0 amide bonds. The number of hydrogen-bond acceptors (Lipinski definition) is 3. The summed E-state index contributed by atoms with van der Waals surface area (Å²) in [6, 6.07) is 24.9. The Labute approximate surface area is 206 Å². The third-order valence-electron chi connectivity index (χ3n) is 6.50. The molecule has 5 nitrogen and oxygen atoms in total. The van der Waals surface area contributed by atoms with E-state index in [-0.39, 0.29) is 12.1 Å². The monoisotopic (exact) mass is 468 g/mol. The van der Waals surface area contributed by atoms with Crippen molar-refractivity contribution in [3.05, 3.63) is 107 Å². The van der Waals surface area contributed by atoms with Gasteiger partial charge in [-0.1, -0.05) is 18.2 Å². The Bertz CT molecular complexity index is 1330. The molecule has 6 heteroatoms. The number of hydrogen-bond donors (Lipinski definition) is 1. The lowest BCUT2D eigenvalue weighted by Crippen LogP contribution is -2.29. The van der Waals surface area contributed by atoms with Crippen molar-refractivity contribution in [2.45, 2.75) is 32.9 Å². The van der Waals surface area contributed by atoms with Gasteiger partial charge in [0, 0.05) is 29.0 Å². The first-order valence-electron chi connectivity index (χ1n) is 11.4. The number of aryl methyl sites for hydroxylation is 2. The van der Waals surface area contributed by atoms with E-state index < -0.39 is 0 Å². The Morgan fingerprint density at radius 2 is 1.71 bits per heavy atom. The fourth-order valence-electron chi connectivity index (χ4n) is 4.94. The highest BCUT2D eigenvalue weighted by atomic mass is 32.1. The van der Waals surface area contributed by atoms with Crippen LogP contribution in [0.4, 0.5) is 5.69 Å². The van der Waals surface area contributed by atoms with Crippen molar-refractivity contribution < 1.29 is 4.74 Å². The predicted octanol–water partition coefficient (Wildman–Crippen LogP) is 5.98. The molecule has 5 rings (SSSR count). The van der Waals surface area contributed by atoms with Crippen LogP contribution in [0.1, 0.15) is 40.3 Å². The van der Waals surface area contributed by atoms with Gasteiger partial charge in [-0.15, -0.1) is 0 Å². The molecule has 0 saturated carbocycles. The number of thiocarbonyl (C=S) groups is 1. The maximum Gasteiger partial charge on any atom is 0.174 e. The second-order valence-corrected chi connectivity index (χ2v) is 9.08. The number of methoxy groups -OCH3 is 1. The van der Waals surface area contributed by atoms with Gasteiger partial charge in [0.15, 0.2) is 5.11 Å². The van der Waals surface area contributed by atoms with Crippen LogP contribution in [0.15, 0.2) is 79.0 Å². The largest absolute Gasteiger partial charge is 0.497 e. The Morgan fingerprint density at radius 3 is 2.38 bits per heavy atom. The van der Waals surface area contributed by atoms with Gasteiger partial charge in [-0.2, -0.15) is 0 Å². The molecule has 1 saturated heterocycles.